The van der Waals surface area contributed by atoms with Crippen molar-refractivity contribution in [1.82, 2.24) is 4.90 Å². The maximum absolute atomic E-state index is 14.8. The van der Waals surface area contributed by atoms with Gasteiger partial charge in [0.25, 0.3) is 5.91 Å². The second-order valence-electron chi connectivity index (χ2n) is 10.3. The van der Waals surface area contributed by atoms with Gasteiger partial charge in [0.1, 0.15) is 23.4 Å². The first kappa shape index (κ1) is 27.3. The molecule has 2 atom stereocenters. The van der Waals surface area contributed by atoms with Gasteiger partial charge in [-0.2, -0.15) is 0 Å². The predicted molar refractivity (Wildman–Crippen MR) is 135 cm³/mol. The number of carbonyl (C=O) groups is 3. The molecule has 2 aromatic rings. The van der Waals surface area contributed by atoms with Gasteiger partial charge < -0.3 is 20.1 Å². The van der Waals surface area contributed by atoms with E-state index in [0.29, 0.717) is 17.7 Å². The summed E-state index contributed by atoms with van der Waals surface area (Å²) in [5, 5.41) is 11.7. The fourth-order valence-corrected chi connectivity index (χ4v) is 6.22. The number of carboxylic acids is 1. The van der Waals surface area contributed by atoms with Crippen LogP contribution in [-0.2, 0) is 20.8 Å². The third kappa shape index (κ3) is 6.10. The summed E-state index contributed by atoms with van der Waals surface area (Å²) in [6, 6.07) is 6.34. The van der Waals surface area contributed by atoms with E-state index in [0.717, 1.165) is 17.7 Å². The number of nitrogens with zero attached hydrogens (tertiary/aromatic N) is 1. The number of carbonyl (C=O) groups excluding carboxylic acids is 2. The number of hydrogen-bond acceptors (Lipinski definition) is 4. The van der Waals surface area contributed by atoms with Gasteiger partial charge in [-0.1, -0.05) is 32.6 Å². The van der Waals surface area contributed by atoms with Gasteiger partial charge in [-0.15, -0.1) is 0 Å². The summed E-state index contributed by atoms with van der Waals surface area (Å²) in [4.78, 5) is 39.1. The number of nitrogens with one attached hydrogen (secondary N) is 1. The molecule has 2 aromatic carbocycles. The molecule has 1 heterocycles. The van der Waals surface area contributed by atoms with Crippen molar-refractivity contribution < 1.29 is 33.0 Å². The van der Waals surface area contributed by atoms with Crippen molar-refractivity contribution in [3.8, 4) is 5.75 Å². The summed E-state index contributed by atoms with van der Waals surface area (Å²) in [7, 11) is -0.767. The standard InChI is InChI=1S/C26H32F2N2O5Si/c1-15(11-23(32)33)10-22(31)30-9-8-16-12-18(35-2)6-7-19(16)24(30)26(34)29-17-13-20(27)25(21(28)14-17)36(3,4)5/h6-7,12-15,24H,8-11H2,1-5H3,(H,29,34)(H,32,33)/t15?,24-/m1/s1. The molecule has 0 saturated heterocycles. The zero-order valence-electron chi connectivity index (χ0n) is 21.2. The summed E-state index contributed by atoms with van der Waals surface area (Å²) < 4.78 is 34.9. The zero-order valence-corrected chi connectivity index (χ0v) is 22.2. The molecular weight excluding hydrogens is 486 g/mol. The number of rotatable bonds is 8. The Morgan fingerprint density at radius 1 is 1.14 bits per heavy atom. The van der Waals surface area contributed by atoms with Crippen molar-refractivity contribution in [1.29, 1.82) is 0 Å². The average Bonchev–Trinajstić information content (AvgIpc) is 2.75. The fourth-order valence-electron chi connectivity index (χ4n) is 4.64. The third-order valence-electron chi connectivity index (χ3n) is 6.25. The van der Waals surface area contributed by atoms with Gasteiger partial charge in [-0.05, 0) is 47.7 Å². The lowest BCUT2D eigenvalue weighted by atomic mass is 9.90. The van der Waals surface area contributed by atoms with E-state index in [1.165, 1.54) is 12.0 Å². The van der Waals surface area contributed by atoms with Gasteiger partial charge in [-0.25, -0.2) is 8.78 Å². The summed E-state index contributed by atoms with van der Waals surface area (Å²) in [6.07, 6.45) is 0.255. The van der Waals surface area contributed by atoms with Crippen molar-refractivity contribution >= 4 is 36.7 Å². The number of halogens is 2. The molecule has 10 heteroatoms. The predicted octanol–water partition coefficient (Wildman–Crippen LogP) is 4.08. The molecule has 0 aliphatic carbocycles. The molecular formula is C26H32F2N2O5Si. The second-order valence-corrected chi connectivity index (χ2v) is 15.3. The highest BCUT2D eigenvalue weighted by atomic mass is 28.3. The molecule has 0 bridgehead atoms. The van der Waals surface area contributed by atoms with Crippen LogP contribution in [0.4, 0.5) is 14.5 Å². The van der Waals surface area contributed by atoms with Crippen molar-refractivity contribution in [2.24, 2.45) is 5.92 Å². The Hall–Kier alpha value is -3.27. The molecule has 1 unspecified atom stereocenters. The van der Waals surface area contributed by atoms with E-state index in [1.807, 2.05) is 19.6 Å². The molecule has 0 spiro atoms. The molecule has 2 amide bonds. The van der Waals surface area contributed by atoms with Crippen LogP contribution < -0.4 is 15.2 Å². The summed E-state index contributed by atoms with van der Waals surface area (Å²) in [5.74, 6) is -3.23. The van der Waals surface area contributed by atoms with Gasteiger partial charge in [0.2, 0.25) is 5.91 Å². The van der Waals surface area contributed by atoms with Crippen LogP contribution in [0.1, 0.15) is 36.9 Å². The highest BCUT2D eigenvalue weighted by Gasteiger charge is 2.37. The number of hydrogen-bond donors (Lipinski definition) is 2. The maximum atomic E-state index is 14.8. The fraction of sp³-hybridized carbons (Fsp3) is 0.423. The highest BCUT2D eigenvalue weighted by molar-refractivity contribution is 6.88. The normalized spacial score (nSPS) is 16.2. The first-order valence-corrected chi connectivity index (χ1v) is 15.3. The Balaban J connectivity index is 1.95. The van der Waals surface area contributed by atoms with E-state index < -0.39 is 43.5 Å². The number of carboxylic acid groups (broad SMARTS) is 1. The topological polar surface area (TPSA) is 95.9 Å². The second kappa shape index (κ2) is 10.8. The Labute approximate surface area is 210 Å². The molecule has 3 rings (SSSR count). The number of aliphatic carboxylic acids is 1. The maximum Gasteiger partial charge on any atom is 0.303 e. The van der Waals surface area contributed by atoms with Gasteiger partial charge in [0.15, 0.2) is 0 Å². The first-order chi connectivity index (χ1) is 16.8. The Morgan fingerprint density at radius 2 is 1.78 bits per heavy atom. The quantitative estimate of drug-likeness (QED) is 0.514. The molecule has 1 aliphatic heterocycles. The number of fused-ring (bicyclic) bond motifs is 1. The van der Waals surface area contributed by atoms with Crippen LogP contribution in [0.2, 0.25) is 19.6 Å². The molecule has 0 aromatic heterocycles. The summed E-state index contributed by atoms with van der Waals surface area (Å²) in [5.41, 5.74) is 1.37. The van der Waals surface area contributed by atoms with E-state index in [2.05, 4.69) is 5.32 Å². The number of benzene rings is 2. The van der Waals surface area contributed by atoms with Crippen molar-refractivity contribution in [3.63, 3.8) is 0 Å². The van der Waals surface area contributed by atoms with Crippen molar-refractivity contribution in [2.45, 2.75) is 51.9 Å². The van der Waals surface area contributed by atoms with Crippen LogP contribution in [0.15, 0.2) is 30.3 Å². The molecule has 7 nitrogen and oxygen atoms in total. The number of amides is 2. The number of methoxy groups -OCH3 is 1. The minimum absolute atomic E-state index is 0.0377. The minimum Gasteiger partial charge on any atom is -0.497 e. The molecule has 2 N–H and O–H groups in total. The third-order valence-corrected chi connectivity index (χ3v) is 8.23. The molecule has 36 heavy (non-hydrogen) atoms. The zero-order chi connectivity index (χ0) is 26.8. The van der Waals surface area contributed by atoms with Crippen LogP contribution in [0.3, 0.4) is 0 Å². The lowest BCUT2D eigenvalue weighted by molar-refractivity contribution is -0.141. The number of ether oxygens (including phenoxy) is 1. The van der Waals surface area contributed by atoms with E-state index in [4.69, 9.17) is 9.84 Å². The summed E-state index contributed by atoms with van der Waals surface area (Å²) >= 11 is 0. The molecule has 194 valence electrons. The van der Waals surface area contributed by atoms with Gasteiger partial charge in [0, 0.05) is 30.3 Å². The van der Waals surface area contributed by atoms with Gasteiger partial charge in [-0.3, -0.25) is 14.4 Å². The smallest absolute Gasteiger partial charge is 0.303 e. The van der Waals surface area contributed by atoms with Gasteiger partial charge in [0.05, 0.1) is 15.2 Å². The lowest BCUT2D eigenvalue weighted by Crippen LogP contribution is -2.46. The number of anilines is 1. The Bertz CT molecular complexity index is 1160. The molecule has 0 radical (unpaired) electrons. The average molecular weight is 519 g/mol. The van der Waals surface area contributed by atoms with E-state index in [-0.39, 0.29) is 36.2 Å². The van der Waals surface area contributed by atoms with Crippen LogP contribution in [0.25, 0.3) is 0 Å². The van der Waals surface area contributed by atoms with Crippen LogP contribution >= 0.6 is 0 Å². The molecule has 0 saturated carbocycles. The molecule has 0 fully saturated rings. The van der Waals surface area contributed by atoms with E-state index in [1.54, 1.807) is 25.1 Å². The van der Waals surface area contributed by atoms with E-state index >= 15 is 0 Å². The van der Waals surface area contributed by atoms with Crippen LogP contribution in [0, 0.1) is 17.6 Å². The van der Waals surface area contributed by atoms with Crippen molar-refractivity contribution in [2.75, 3.05) is 19.0 Å². The SMILES string of the molecule is COc1ccc2c(c1)CCN(C(=O)CC(C)CC(=O)O)[C@H]2C(=O)Nc1cc(F)c([Si](C)(C)C)c(F)c1. The minimum atomic E-state index is -2.30. The van der Waals surface area contributed by atoms with E-state index in [9.17, 15) is 23.2 Å². The Morgan fingerprint density at radius 3 is 2.33 bits per heavy atom. The van der Waals surface area contributed by atoms with Crippen LogP contribution in [-0.4, -0.2) is 49.5 Å². The summed E-state index contributed by atoms with van der Waals surface area (Å²) in [6.45, 7) is 7.38. The highest BCUT2D eigenvalue weighted by Crippen LogP contribution is 2.34. The van der Waals surface area contributed by atoms with Crippen molar-refractivity contribution in [3.05, 3.63) is 53.1 Å². The van der Waals surface area contributed by atoms with Crippen LogP contribution in [0.5, 0.6) is 5.75 Å². The monoisotopic (exact) mass is 518 g/mol. The van der Waals surface area contributed by atoms with Gasteiger partial charge >= 0.3 is 5.97 Å². The molecule has 1 aliphatic rings. The largest absolute Gasteiger partial charge is 0.497 e. The Kier molecular flexibility index (Phi) is 8.18. The first-order valence-electron chi connectivity index (χ1n) is 11.8. The lowest BCUT2D eigenvalue weighted by Gasteiger charge is -2.37.